The first-order valence-corrected chi connectivity index (χ1v) is 8.76. The zero-order chi connectivity index (χ0) is 18.7. The van der Waals surface area contributed by atoms with Gasteiger partial charge in [0.2, 0.25) is 0 Å². The number of nitrogens with zero attached hydrogens (tertiary/aromatic N) is 1. The molecule has 0 bridgehead atoms. The fourth-order valence-electron chi connectivity index (χ4n) is 2.84. The van der Waals surface area contributed by atoms with Crippen LogP contribution in [0.2, 0.25) is 0 Å². The second kappa shape index (κ2) is 11.4. The highest BCUT2D eigenvalue weighted by molar-refractivity contribution is 5.89. The van der Waals surface area contributed by atoms with Crippen molar-refractivity contribution in [3.05, 3.63) is 47.1 Å². The predicted octanol–water partition coefficient (Wildman–Crippen LogP) is 3.80. The Morgan fingerprint density at radius 2 is 1.64 bits per heavy atom. The van der Waals surface area contributed by atoms with E-state index < -0.39 is 11.9 Å². The van der Waals surface area contributed by atoms with Crippen LogP contribution in [0.5, 0.6) is 0 Å². The molecule has 1 fully saturated rings. The predicted molar refractivity (Wildman–Crippen MR) is 99.5 cm³/mol. The molecule has 2 aliphatic carbocycles. The van der Waals surface area contributed by atoms with Gasteiger partial charge in [-0.15, -0.1) is 0 Å². The van der Waals surface area contributed by atoms with Crippen molar-refractivity contribution in [1.82, 2.24) is 4.90 Å². The van der Waals surface area contributed by atoms with E-state index in [0.29, 0.717) is 12.2 Å². The molecule has 0 heterocycles. The topological polar surface area (TPSA) is 77.8 Å². The summed E-state index contributed by atoms with van der Waals surface area (Å²) in [6.07, 6.45) is 17.6. The van der Waals surface area contributed by atoms with Gasteiger partial charge in [0, 0.05) is 18.7 Å². The standard InChI is InChI=1S/C16H25N.C4H4O4/c1-17(2)12-6-7-14-10-11-15-8-4-3-5-9-16(15)13-14;5-3(6)1-2-4(7)8/h7,11,13H,3-6,8-10,12H2,1-2H3;1-2H,(H,5,6)(H,7,8)/b14-7-;2-1-. The third-order valence-corrected chi connectivity index (χ3v) is 4.10. The van der Waals surface area contributed by atoms with Crippen molar-refractivity contribution < 1.29 is 19.8 Å². The van der Waals surface area contributed by atoms with Crippen molar-refractivity contribution in [1.29, 1.82) is 0 Å². The Balaban J connectivity index is 0.000000333. The van der Waals surface area contributed by atoms with E-state index in [0.717, 1.165) is 13.0 Å². The zero-order valence-electron chi connectivity index (χ0n) is 15.2. The molecule has 0 atom stereocenters. The molecule has 5 heteroatoms. The van der Waals surface area contributed by atoms with E-state index in [1.165, 1.54) is 44.1 Å². The van der Waals surface area contributed by atoms with E-state index >= 15 is 0 Å². The lowest BCUT2D eigenvalue weighted by Gasteiger charge is -2.16. The number of carbonyl (C=O) groups is 2. The average molecular weight is 347 g/mol. The van der Waals surface area contributed by atoms with Crippen LogP contribution in [-0.2, 0) is 9.59 Å². The third-order valence-electron chi connectivity index (χ3n) is 4.10. The van der Waals surface area contributed by atoms with E-state index in [9.17, 15) is 9.59 Å². The van der Waals surface area contributed by atoms with Crippen molar-refractivity contribution in [2.24, 2.45) is 0 Å². The largest absolute Gasteiger partial charge is 0.478 e. The summed E-state index contributed by atoms with van der Waals surface area (Å²) in [6.45, 7) is 1.16. The van der Waals surface area contributed by atoms with Crippen LogP contribution >= 0.6 is 0 Å². The van der Waals surface area contributed by atoms with Crippen LogP contribution in [0.1, 0.15) is 44.9 Å². The molecular weight excluding hydrogens is 318 g/mol. The summed E-state index contributed by atoms with van der Waals surface area (Å²) in [5.74, 6) is -2.51. The Morgan fingerprint density at radius 1 is 1.04 bits per heavy atom. The first kappa shape index (κ1) is 20.9. The summed E-state index contributed by atoms with van der Waals surface area (Å²) in [6, 6.07) is 0. The molecule has 138 valence electrons. The molecule has 0 aromatic rings. The van der Waals surface area contributed by atoms with Crippen LogP contribution in [0.15, 0.2) is 47.1 Å². The molecule has 25 heavy (non-hydrogen) atoms. The highest BCUT2D eigenvalue weighted by atomic mass is 16.4. The molecule has 0 unspecified atom stereocenters. The maximum Gasteiger partial charge on any atom is 0.328 e. The van der Waals surface area contributed by atoms with E-state index in [1.54, 1.807) is 11.1 Å². The van der Waals surface area contributed by atoms with Crippen molar-refractivity contribution in [2.45, 2.75) is 44.9 Å². The highest BCUT2D eigenvalue weighted by Crippen LogP contribution is 2.33. The maximum absolute atomic E-state index is 9.55. The van der Waals surface area contributed by atoms with E-state index in [-0.39, 0.29) is 0 Å². The van der Waals surface area contributed by atoms with Gasteiger partial charge in [-0.2, -0.15) is 0 Å². The van der Waals surface area contributed by atoms with Gasteiger partial charge in [-0.3, -0.25) is 0 Å². The normalized spacial score (nSPS) is 18.8. The van der Waals surface area contributed by atoms with E-state index in [4.69, 9.17) is 10.2 Å². The Bertz CT molecular complexity index is 567. The van der Waals surface area contributed by atoms with Gasteiger partial charge < -0.3 is 15.1 Å². The molecule has 2 aliphatic rings. The molecule has 0 aromatic heterocycles. The van der Waals surface area contributed by atoms with Gasteiger partial charge in [-0.1, -0.05) is 24.6 Å². The summed E-state index contributed by atoms with van der Waals surface area (Å²) in [5.41, 5.74) is 4.81. The molecule has 0 spiro atoms. The van der Waals surface area contributed by atoms with Crippen molar-refractivity contribution in [3.8, 4) is 0 Å². The number of hydrogen-bond acceptors (Lipinski definition) is 3. The molecule has 1 saturated carbocycles. The van der Waals surface area contributed by atoms with Gasteiger partial charge in [0.15, 0.2) is 0 Å². The number of aliphatic carboxylic acids is 2. The Labute approximate surface area is 150 Å². The first-order valence-electron chi connectivity index (χ1n) is 8.76. The van der Waals surface area contributed by atoms with E-state index in [2.05, 4.69) is 37.2 Å². The molecule has 0 aromatic carbocycles. The van der Waals surface area contributed by atoms with Gasteiger partial charge in [0.05, 0.1) is 0 Å². The smallest absolute Gasteiger partial charge is 0.328 e. The SMILES string of the molecule is CN(C)CC/C=C1\C=C2CCCCCC2=CC1.O=C(O)/C=C\C(=O)O. The number of hydrogen-bond donors (Lipinski definition) is 2. The monoisotopic (exact) mass is 347 g/mol. The molecule has 0 amide bonds. The van der Waals surface area contributed by atoms with Gasteiger partial charge in [-0.25, -0.2) is 9.59 Å². The minimum absolute atomic E-state index is 0.558. The number of carboxylic acids is 2. The van der Waals surface area contributed by atoms with Crippen molar-refractivity contribution in [2.75, 3.05) is 20.6 Å². The third kappa shape index (κ3) is 9.67. The summed E-state index contributed by atoms with van der Waals surface area (Å²) < 4.78 is 0. The molecule has 0 radical (unpaired) electrons. The molecule has 5 nitrogen and oxygen atoms in total. The fraction of sp³-hybridized carbons (Fsp3) is 0.500. The second-order valence-corrected chi connectivity index (χ2v) is 6.54. The Hall–Kier alpha value is -2.14. The average Bonchev–Trinajstić information content (AvgIpc) is 2.78. The lowest BCUT2D eigenvalue weighted by molar-refractivity contribution is -0.134. The van der Waals surface area contributed by atoms with Crippen LogP contribution in [0, 0.1) is 0 Å². The van der Waals surface area contributed by atoms with E-state index in [1.807, 2.05) is 0 Å². The second-order valence-electron chi connectivity index (χ2n) is 6.54. The van der Waals surface area contributed by atoms with Crippen LogP contribution < -0.4 is 0 Å². The Morgan fingerprint density at radius 3 is 2.20 bits per heavy atom. The minimum Gasteiger partial charge on any atom is -0.478 e. The quantitative estimate of drug-likeness (QED) is 0.740. The molecule has 0 aliphatic heterocycles. The molecule has 0 saturated heterocycles. The summed E-state index contributed by atoms with van der Waals surface area (Å²) in [5, 5.41) is 15.6. The number of rotatable bonds is 5. The maximum atomic E-state index is 9.55. The van der Waals surface area contributed by atoms with Crippen molar-refractivity contribution >= 4 is 11.9 Å². The number of fused-ring (bicyclic) bond motifs is 1. The molecule has 2 rings (SSSR count). The van der Waals surface area contributed by atoms with Crippen LogP contribution in [0.4, 0.5) is 0 Å². The number of allylic oxidation sites excluding steroid dienone is 5. The lowest BCUT2D eigenvalue weighted by Crippen LogP contribution is -2.12. The van der Waals surface area contributed by atoms with Gasteiger partial charge in [0.1, 0.15) is 0 Å². The van der Waals surface area contributed by atoms with Crippen molar-refractivity contribution in [3.63, 3.8) is 0 Å². The summed E-state index contributed by atoms with van der Waals surface area (Å²) >= 11 is 0. The number of carboxylic acid groups (broad SMARTS) is 2. The Kier molecular flexibility index (Phi) is 9.55. The van der Waals surface area contributed by atoms with Gasteiger partial charge >= 0.3 is 11.9 Å². The lowest BCUT2D eigenvalue weighted by atomic mass is 9.91. The highest BCUT2D eigenvalue weighted by Gasteiger charge is 2.13. The first-order chi connectivity index (χ1) is 11.9. The van der Waals surface area contributed by atoms with Gasteiger partial charge in [-0.05, 0) is 69.3 Å². The molecular formula is C20H29NO4. The molecule has 2 N–H and O–H groups in total. The fourth-order valence-corrected chi connectivity index (χ4v) is 2.84. The van der Waals surface area contributed by atoms with Crippen LogP contribution in [-0.4, -0.2) is 47.7 Å². The summed E-state index contributed by atoms with van der Waals surface area (Å²) in [7, 11) is 4.28. The zero-order valence-corrected chi connectivity index (χ0v) is 15.2. The summed E-state index contributed by atoms with van der Waals surface area (Å²) in [4.78, 5) is 21.4. The van der Waals surface area contributed by atoms with Crippen LogP contribution in [0.3, 0.4) is 0 Å². The minimum atomic E-state index is -1.26. The van der Waals surface area contributed by atoms with Gasteiger partial charge in [0.25, 0.3) is 0 Å². The van der Waals surface area contributed by atoms with Crippen LogP contribution in [0.25, 0.3) is 0 Å².